The molecule has 0 saturated heterocycles. The van der Waals surface area contributed by atoms with Crippen molar-refractivity contribution in [3.63, 3.8) is 0 Å². The number of hydrogen-bond acceptors (Lipinski definition) is 1. The molecule has 0 atom stereocenters. The van der Waals surface area contributed by atoms with Crippen LogP contribution in [0.4, 0.5) is 0 Å². The van der Waals surface area contributed by atoms with Crippen LogP contribution in [0, 0.1) is 5.92 Å². The third-order valence-corrected chi connectivity index (χ3v) is 4.66. The Morgan fingerprint density at radius 1 is 1.14 bits per heavy atom. The fraction of sp³-hybridized carbons (Fsp3) is 0.600. The summed E-state index contributed by atoms with van der Waals surface area (Å²) in [4.78, 5) is 0. The van der Waals surface area contributed by atoms with Crippen LogP contribution in [0.5, 0.6) is 0 Å². The lowest BCUT2D eigenvalue weighted by molar-refractivity contribution is 0.396. The van der Waals surface area contributed by atoms with Crippen LogP contribution in [0.1, 0.15) is 63.5 Å². The molecule has 0 unspecified atom stereocenters. The topological polar surface area (TPSA) is 12.0 Å². The number of hydrogen-bond donors (Lipinski definition) is 1. The molecule has 0 radical (unpaired) electrons. The van der Waals surface area contributed by atoms with Gasteiger partial charge in [-0.3, -0.25) is 0 Å². The van der Waals surface area contributed by atoms with E-state index in [1.54, 1.807) is 5.57 Å². The van der Waals surface area contributed by atoms with Gasteiger partial charge < -0.3 is 5.32 Å². The van der Waals surface area contributed by atoms with Gasteiger partial charge in [0.1, 0.15) is 0 Å². The second-order valence-electron chi connectivity index (χ2n) is 6.28. The van der Waals surface area contributed by atoms with Gasteiger partial charge in [0.05, 0.1) is 0 Å². The van der Waals surface area contributed by atoms with E-state index in [4.69, 9.17) is 0 Å². The van der Waals surface area contributed by atoms with Crippen molar-refractivity contribution in [2.24, 2.45) is 5.92 Å². The molecule has 0 aromatic heterocycles. The number of nitrogens with one attached hydrogen (secondary N) is 1. The predicted molar refractivity (Wildman–Crippen MR) is 93.5 cm³/mol. The van der Waals surface area contributed by atoms with Crippen LogP contribution in [0.2, 0.25) is 0 Å². The molecule has 1 nitrogen and oxygen atoms in total. The zero-order valence-electron chi connectivity index (χ0n) is 13.8. The van der Waals surface area contributed by atoms with Crippen molar-refractivity contribution in [2.75, 3.05) is 13.1 Å². The van der Waals surface area contributed by atoms with Gasteiger partial charge in [0.25, 0.3) is 0 Å². The van der Waals surface area contributed by atoms with E-state index in [1.165, 1.54) is 49.7 Å². The molecule has 1 aliphatic rings. The maximum atomic E-state index is 3.62. The molecule has 0 heterocycles. The summed E-state index contributed by atoms with van der Waals surface area (Å²) in [6.07, 6.45) is 11.8. The summed E-state index contributed by atoms with van der Waals surface area (Å²) in [6, 6.07) is 8.88. The van der Waals surface area contributed by atoms with Gasteiger partial charge in [-0.25, -0.2) is 0 Å². The van der Waals surface area contributed by atoms with Crippen molar-refractivity contribution >= 4 is 6.08 Å². The highest BCUT2D eigenvalue weighted by Crippen LogP contribution is 2.31. The third kappa shape index (κ3) is 5.00. The third-order valence-electron chi connectivity index (χ3n) is 4.66. The first-order chi connectivity index (χ1) is 10.3. The van der Waals surface area contributed by atoms with Gasteiger partial charge in [-0.2, -0.15) is 0 Å². The molecule has 116 valence electrons. The average molecular weight is 285 g/mol. The molecule has 1 aromatic rings. The van der Waals surface area contributed by atoms with Crippen LogP contribution in [-0.4, -0.2) is 13.1 Å². The molecule has 1 aliphatic carbocycles. The fourth-order valence-corrected chi connectivity index (χ4v) is 3.39. The Morgan fingerprint density at radius 2 is 1.90 bits per heavy atom. The van der Waals surface area contributed by atoms with Crippen LogP contribution >= 0.6 is 0 Å². The number of benzene rings is 1. The van der Waals surface area contributed by atoms with Gasteiger partial charge in [-0.1, -0.05) is 69.0 Å². The molecule has 21 heavy (non-hydrogen) atoms. The first-order valence-electron chi connectivity index (χ1n) is 8.84. The second-order valence-corrected chi connectivity index (χ2v) is 6.28. The molecule has 1 N–H and O–H groups in total. The van der Waals surface area contributed by atoms with E-state index in [0.717, 1.165) is 25.4 Å². The standard InChI is InChI=1S/C20H31N/c1-3-14-21-16-20(18-11-6-5-7-12-18)15-19-13-9-8-10-17(19)4-2/h8-10,13,15,18,21H,3-7,11-12,14,16H2,1-2H3/b20-15-. The predicted octanol–water partition coefficient (Wildman–Crippen LogP) is 5.21. The van der Waals surface area contributed by atoms with Gasteiger partial charge in [0, 0.05) is 6.54 Å². The van der Waals surface area contributed by atoms with Crippen molar-refractivity contribution in [3.8, 4) is 0 Å². The molecule has 1 fully saturated rings. The highest BCUT2D eigenvalue weighted by Gasteiger charge is 2.17. The SMILES string of the molecule is CCCNC/C(=C/c1ccccc1CC)C1CCCCC1. The Balaban J connectivity index is 2.17. The molecule has 0 amide bonds. The summed E-state index contributed by atoms with van der Waals surface area (Å²) < 4.78 is 0. The van der Waals surface area contributed by atoms with Crippen molar-refractivity contribution in [1.29, 1.82) is 0 Å². The average Bonchev–Trinajstić information content (AvgIpc) is 2.55. The van der Waals surface area contributed by atoms with E-state index in [1.807, 2.05) is 0 Å². The molecular weight excluding hydrogens is 254 g/mol. The lowest BCUT2D eigenvalue weighted by atomic mass is 9.82. The number of rotatable bonds is 7. The minimum Gasteiger partial charge on any atom is -0.313 e. The van der Waals surface area contributed by atoms with Crippen molar-refractivity contribution in [1.82, 2.24) is 5.32 Å². The van der Waals surface area contributed by atoms with Crippen LogP contribution in [0.25, 0.3) is 6.08 Å². The van der Waals surface area contributed by atoms with Crippen LogP contribution in [0.15, 0.2) is 29.8 Å². The zero-order valence-corrected chi connectivity index (χ0v) is 13.8. The lowest BCUT2D eigenvalue weighted by Crippen LogP contribution is -2.23. The lowest BCUT2D eigenvalue weighted by Gasteiger charge is -2.25. The van der Waals surface area contributed by atoms with Crippen LogP contribution in [0.3, 0.4) is 0 Å². The summed E-state index contributed by atoms with van der Waals surface area (Å²) in [7, 11) is 0. The maximum absolute atomic E-state index is 3.62. The van der Waals surface area contributed by atoms with E-state index in [0.29, 0.717) is 0 Å². The van der Waals surface area contributed by atoms with Gasteiger partial charge in [0.15, 0.2) is 0 Å². The number of aryl methyl sites for hydroxylation is 1. The van der Waals surface area contributed by atoms with Crippen LogP contribution in [-0.2, 0) is 6.42 Å². The van der Waals surface area contributed by atoms with Crippen molar-refractivity contribution in [3.05, 3.63) is 41.0 Å². The highest BCUT2D eigenvalue weighted by molar-refractivity contribution is 5.57. The molecule has 0 aliphatic heterocycles. The van der Waals surface area contributed by atoms with Gasteiger partial charge in [-0.05, 0) is 49.3 Å². The van der Waals surface area contributed by atoms with E-state index >= 15 is 0 Å². The summed E-state index contributed by atoms with van der Waals surface area (Å²) in [5.74, 6) is 0.799. The summed E-state index contributed by atoms with van der Waals surface area (Å²) in [5, 5.41) is 3.62. The molecule has 0 spiro atoms. The zero-order chi connectivity index (χ0) is 14.9. The second kappa shape index (κ2) is 9.04. The van der Waals surface area contributed by atoms with E-state index in [2.05, 4.69) is 49.5 Å². The maximum Gasteiger partial charge on any atom is 0.0170 e. The summed E-state index contributed by atoms with van der Waals surface area (Å²) >= 11 is 0. The normalized spacial score (nSPS) is 17.1. The largest absolute Gasteiger partial charge is 0.313 e. The Kier molecular flexibility index (Phi) is 7.02. The fourth-order valence-electron chi connectivity index (χ4n) is 3.39. The molecule has 0 bridgehead atoms. The Hall–Kier alpha value is -1.08. The first-order valence-corrected chi connectivity index (χ1v) is 8.84. The summed E-state index contributed by atoms with van der Waals surface area (Å²) in [6.45, 7) is 6.68. The van der Waals surface area contributed by atoms with Crippen LogP contribution < -0.4 is 5.32 Å². The van der Waals surface area contributed by atoms with Gasteiger partial charge in [0.2, 0.25) is 0 Å². The quantitative estimate of drug-likeness (QED) is 0.678. The minimum absolute atomic E-state index is 0.799. The molecule has 2 rings (SSSR count). The smallest absolute Gasteiger partial charge is 0.0170 e. The highest BCUT2D eigenvalue weighted by atomic mass is 14.8. The van der Waals surface area contributed by atoms with E-state index < -0.39 is 0 Å². The molecule has 1 saturated carbocycles. The Morgan fingerprint density at radius 3 is 2.62 bits per heavy atom. The monoisotopic (exact) mass is 285 g/mol. The summed E-state index contributed by atoms with van der Waals surface area (Å²) in [5.41, 5.74) is 4.53. The Labute approximate surface area is 130 Å². The van der Waals surface area contributed by atoms with Gasteiger partial charge in [-0.15, -0.1) is 0 Å². The Bertz CT molecular complexity index is 441. The molecule has 1 aromatic carbocycles. The van der Waals surface area contributed by atoms with E-state index in [9.17, 15) is 0 Å². The molecule has 1 heteroatoms. The van der Waals surface area contributed by atoms with Crippen molar-refractivity contribution in [2.45, 2.75) is 58.8 Å². The first kappa shape index (κ1) is 16.3. The minimum atomic E-state index is 0.799. The van der Waals surface area contributed by atoms with Gasteiger partial charge >= 0.3 is 0 Å². The van der Waals surface area contributed by atoms with Crippen molar-refractivity contribution < 1.29 is 0 Å². The van der Waals surface area contributed by atoms with E-state index in [-0.39, 0.29) is 0 Å². The molecular formula is C20H31N.